The van der Waals surface area contributed by atoms with Gasteiger partial charge in [-0.1, -0.05) is 24.3 Å². The molecule has 3 rings (SSSR count). The van der Waals surface area contributed by atoms with E-state index in [4.69, 9.17) is 5.11 Å². The fraction of sp³-hybridized carbons (Fsp3) is 0.263. The molecule has 1 N–H and O–H groups in total. The molecule has 1 aliphatic heterocycles. The molecule has 0 fully saturated rings. The van der Waals surface area contributed by atoms with Crippen molar-refractivity contribution < 1.29 is 14.7 Å². The fourth-order valence-electron chi connectivity index (χ4n) is 2.83. The molecule has 0 atom stereocenters. The van der Waals surface area contributed by atoms with Crippen LogP contribution in [0.4, 0.5) is 0 Å². The Bertz CT molecular complexity index is 746. The van der Waals surface area contributed by atoms with Gasteiger partial charge in [0.15, 0.2) is 0 Å². The van der Waals surface area contributed by atoms with Gasteiger partial charge in [0.05, 0.1) is 5.56 Å². The minimum Gasteiger partial charge on any atom is -0.478 e. The van der Waals surface area contributed by atoms with Crippen LogP contribution in [-0.4, -0.2) is 34.2 Å². The Hall–Kier alpha value is -2.27. The molecule has 0 unspecified atom stereocenters. The summed E-state index contributed by atoms with van der Waals surface area (Å²) in [5.74, 6) is -0.0493. The standard InChI is InChI=1S/C19H19NO3S/c21-18(9-11-24-17-4-2-1-3-5-17)20-10-8-14-6-7-15(19(22)23)12-16(14)13-20/h1-7,12H,8-11,13H2,(H,22,23). The highest BCUT2D eigenvalue weighted by molar-refractivity contribution is 7.99. The molecule has 4 nitrogen and oxygen atoms in total. The first-order valence-corrected chi connectivity index (χ1v) is 8.93. The highest BCUT2D eigenvalue weighted by Gasteiger charge is 2.21. The molecule has 0 radical (unpaired) electrons. The molecule has 24 heavy (non-hydrogen) atoms. The number of carbonyl (C=O) groups excluding carboxylic acids is 1. The molecule has 0 aliphatic carbocycles. The Morgan fingerprint density at radius 2 is 1.88 bits per heavy atom. The minimum absolute atomic E-state index is 0.129. The average molecular weight is 341 g/mol. The monoisotopic (exact) mass is 341 g/mol. The van der Waals surface area contributed by atoms with Crippen molar-refractivity contribution in [3.8, 4) is 0 Å². The van der Waals surface area contributed by atoms with Crippen LogP contribution in [0.3, 0.4) is 0 Å². The molecule has 1 heterocycles. The first-order valence-electron chi connectivity index (χ1n) is 7.94. The maximum absolute atomic E-state index is 12.4. The molecule has 0 spiro atoms. The third-order valence-corrected chi connectivity index (χ3v) is 5.16. The van der Waals surface area contributed by atoms with Gasteiger partial charge < -0.3 is 10.0 Å². The summed E-state index contributed by atoms with van der Waals surface area (Å²) in [6.07, 6.45) is 1.28. The second-order valence-electron chi connectivity index (χ2n) is 5.77. The number of carboxylic acid groups (broad SMARTS) is 1. The molecule has 1 aliphatic rings. The summed E-state index contributed by atoms with van der Waals surface area (Å²) >= 11 is 1.68. The number of carboxylic acids is 1. The van der Waals surface area contributed by atoms with E-state index in [-0.39, 0.29) is 11.5 Å². The number of thioether (sulfide) groups is 1. The number of hydrogen-bond acceptors (Lipinski definition) is 3. The first kappa shape index (κ1) is 16.6. The number of amides is 1. The molecule has 0 bridgehead atoms. The second kappa shape index (κ2) is 7.53. The van der Waals surface area contributed by atoms with Crippen LogP contribution < -0.4 is 0 Å². The average Bonchev–Trinajstić information content (AvgIpc) is 2.61. The van der Waals surface area contributed by atoms with Gasteiger partial charge >= 0.3 is 5.97 Å². The van der Waals surface area contributed by atoms with E-state index in [1.165, 1.54) is 4.90 Å². The molecule has 0 aromatic heterocycles. The van der Waals surface area contributed by atoms with Crippen LogP contribution in [0.2, 0.25) is 0 Å². The number of aromatic carboxylic acids is 1. The zero-order chi connectivity index (χ0) is 16.9. The quantitative estimate of drug-likeness (QED) is 0.846. The largest absolute Gasteiger partial charge is 0.478 e. The van der Waals surface area contributed by atoms with E-state index < -0.39 is 5.97 Å². The van der Waals surface area contributed by atoms with Crippen molar-refractivity contribution in [1.29, 1.82) is 0 Å². The molecule has 5 heteroatoms. The summed E-state index contributed by atoms with van der Waals surface area (Å²) in [5, 5.41) is 9.10. The Balaban J connectivity index is 1.57. The van der Waals surface area contributed by atoms with Crippen LogP contribution in [0.5, 0.6) is 0 Å². The third-order valence-electron chi connectivity index (χ3n) is 4.15. The highest BCUT2D eigenvalue weighted by Crippen LogP contribution is 2.23. The van der Waals surface area contributed by atoms with Gasteiger partial charge in [0.25, 0.3) is 0 Å². The first-order chi connectivity index (χ1) is 11.6. The lowest BCUT2D eigenvalue weighted by molar-refractivity contribution is -0.131. The number of hydrogen-bond donors (Lipinski definition) is 1. The van der Waals surface area contributed by atoms with Crippen molar-refractivity contribution in [3.05, 3.63) is 65.2 Å². The molecule has 124 valence electrons. The maximum atomic E-state index is 12.4. The van der Waals surface area contributed by atoms with E-state index in [1.807, 2.05) is 41.3 Å². The molecule has 0 saturated heterocycles. The summed E-state index contributed by atoms with van der Waals surface area (Å²) in [6, 6.07) is 15.2. The van der Waals surface area contributed by atoms with Gasteiger partial charge in [0, 0.05) is 30.2 Å². The summed E-state index contributed by atoms with van der Waals surface area (Å²) in [5.41, 5.74) is 2.37. The molecule has 0 saturated carbocycles. The van der Waals surface area contributed by atoms with E-state index in [9.17, 15) is 9.59 Å². The van der Waals surface area contributed by atoms with Crippen molar-refractivity contribution in [3.63, 3.8) is 0 Å². The smallest absolute Gasteiger partial charge is 0.335 e. The number of rotatable bonds is 5. The van der Waals surface area contributed by atoms with Crippen LogP contribution in [0.25, 0.3) is 0 Å². The van der Waals surface area contributed by atoms with Gasteiger partial charge in [0.2, 0.25) is 5.91 Å². The van der Waals surface area contributed by atoms with Gasteiger partial charge in [-0.25, -0.2) is 4.79 Å². The minimum atomic E-state index is -0.930. The van der Waals surface area contributed by atoms with Crippen LogP contribution in [-0.2, 0) is 17.8 Å². The van der Waals surface area contributed by atoms with E-state index in [2.05, 4.69) is 0 Å². The van der Waals surface area contributed by atoms with Crippen LogP contribution in [0.15, 0.2) is 53.4 Å². The summed E-state index contributed by atoms with van der Waals surface area (Å²) < 4.78 is 0. The summed E-state index contributed by atoms with van der Waals surface area (Å²) in [4.78, 5) is 26.5. The van der Waals surface area contributed by atoms with Crippen LogP contribution in [0, 0.1) is 0 Å². The van der Waals surface area contributed by atoms with Gasteiger partial charge in [0.1, 0.15) is 0 Å². The van der Waals surface area contributed by atoms with Crippen molar-refractivity contribution >= 4 is 23.6 Å². The Morgan fingerprint density at radius 3 is 2.62 bits per heavy atom. The predicted octanol–water partition coefficient (Wildman–Crippen LogP) is 3.45. The Labute approximate surface area is 145 Å². The Kier molecular flexibility index (Phi) is 5.20. The van der Waals surface area contributed by atoms with Gasteiger partial charge in [-0.05, 0) is 41.8 Å². The lowest BCUT2D eigenvalue weighted by Crippen LogP contribution is -2.36. The van der Waals surface area contributed by atoms with E-state index in [1.54, 1.807) is 23.9 Å². The molecule has 2 aromatic carbocycles. The SMILES string of the molecule is O=C(O)c1ccc2c(c1)CN(C(=O)CCSc1ccccc1)CC2. The van der Waals surface area contributed by atoms with Crippen LogP contribution >= 0.6 is 11.8 Å². The van der Waals surface area contributed by atoms with E-state index in [0.29, 0.717) is 19.5 Å². The summed E-state index contributed by atoms with van der Waals surface area (Å²) in [7, 11) is 0. The van der Waals surface area contributed by atoms with Crippen molar-refractivity contribution in [2.24, 2.45) is 0 Å². The molecule has 2 aromatic rings. The van der Waals surface area contributed by atoms with Crippen molar-refractivity contribution in [1.82, 2.24) is 4.90 Å². The van der Waals surface area contributed by atoms with Gasteiger partial charge in [-0.15, -0.1) is 11.8 Å². The molecule has 1 amide bonds. The Morgan fingerprint density at radius 1 is 1.08 bits per heavy atom. The third kappa shape index (κ3) is 3.97. The second-order valence-corrected chi connectivity index (χ2v) is 6.93. The molecular weight excluding hydrogens is 322 g/mol. The molecular formula is C19H19NO3S. The zero-order valence-corrected chi connectivity index (χ0v) is 14.1. The predicted molar refractivity (Wildman–Crippen MR) is 94.3 cm³/mol. The van der Waals surface area contributed by atoms with E-state index >= 15 is 0 Å². The number of benzene rings is 2. The lowest BCUT2D eigenvalue weighted by atomic mass is 9.97. The number of carbonyl (C=O) groups is 2. The zero-order valence-electron chi connectivity index (χ0n) is 13.3. The van der Waals surface area contributed by atoms with Crippen LogP contribution in [0.1, 0.15) is 27.9 Å². The van der Waals surface area contributed by atoms with Gasteiger partial charge in [-0.2, -0.15) is 0 Å². The topological polar surface area (TPSA) is 57.6 Å². The highest BCUT2D eigenvalue weighted by atomic mass is 32.2. The van der Waals surface area contributed by atoms with Crippen molar-refractivity contribution in [2.75, 3.05) is 12.3 Å². The van der Waals surface area contributed by atoms with E-state index in [0.717, 1.165) is 23.3 Å². The number of nitrogens with zero attached hydrogens (tertiary/aromatic N) is 1. The lowest BCUT2D eigenvalue weighted by Gasteiger charge is -2.29. The summed E-state index contributed by atoms with van der Waals surface area (Å²) in [6.45, 7) is 1.21. The number of fused-ring (bicyclic) bond motifs is 1. The fourth-order valence-corrected chi connectivity index (χ4v) is 3.70. The normalized spacial score (nSPS) is 13.4. The van der Waals surface area contributed by atoms with Crippen molar-refractivity contribution in [2.45, 2.75) is 24.3 Å². The van der Waals surface area contributed by atoms with Gasteiger partial charge in [-0.3, -0.25) is 4.79 Å². The maximum Gasteiger partial charge on any atom is 0.335 e.